The molecule has 3 heterocycles. The van der Waals surface area contributed by atoms with Gasteiger partial charge in [0.15, 0.2) is 5.65 Å². The second kappa shape index (κ2) is 4.73. The Morgan fingerprint density at radius 3 is 3.16 bits per heavy atom. The molecule has 3 rings (SSSR count). The fourth-order valence-electron chi connectivity index (χ4n) is 2.39. The van der Waals surface area contributed by atoms with E-state index in [-0.39, 0.29) is 5.60 Å². The van der Waals surface area contributed by atoms with Crippen molar-refractivity contribution >= 4 is 33.0 Å². The van der Waals surface area contributed by atoms with Crippen molar-refractivity contribution in [3.63, 3.8) is 0 Å². The van der Waals surface area contributed by atoms with Crippen LogP contribution >= 0.6 is 15.9 Å². The highest BCUT2D eigenvalue weighted by molar-refractivity contribution is 9.10. The first kappa shape index (κ1) is 12.8. The molecule has 0 aliphatic carbocycles. The average Bonchev–Trinajstić information content (AvgIpc) is 2.96. The van der Waals surface area contributed by atoms with E-state index in [2.05, 4.69) is 25.9 Å². The second-order valence-corrected chi connectivity index (χ2v) is 5.66. The minimum atomic E-state index is -0.337. The smallest absolute Gasteiger partial charge is 0.202 e. The van der Waals surface area contributed by atoms with Crippen molar-refractivity contribution in [2.24, 2.45) is 0 Å². The number of aromatic nitrogens is 3. The molecule has 0 saturated carbocycles. The summed E-state index contributed by atoms with van der Waals surface area (Å²) in [6, 6.07) is 1.90. The Bertz CT molecular complexity index is 607. The van der Waals surface area contributed by atoms with Crippen LogP contribution in [0.3, 0.4) is 0 Å². The summed E-state index contributed by atoms with van der Waals surface area (Å²) in [6.45, 7) is 1.87. The lowest BCUT2D eigenvalue weighted by atomic mass is 10.0. The topological polar surface area (TPSA) is 75.2 Å². The number of nitrogens with zero attached hydrogens (tertiary/aromatic N) is 3. The van der Waals surface area contributed by atoms with E-state index < -0.39 is 0 Å². The molecule has 0 bridgehead atoms. The lowest BCUT2D eigenvalue weighted by Gasteiger charge is -2.26. The van der Waals surface area contributed by atoms with Crippen LogP contribution in [0, 0.1) is 0 Å². The molecule has 0 radical (unpaired) electrons. The molecule has 19 heavy (non-hydrogen) atoms. The standard InChI is InChI=1S/C12H15BrN4O2/c1-18-12(2-3-19-7-12)6-17-10-9(16-11(17)14)4-8(13)5-15-10/h4-5H,2-3,6-7H2,1H3,(H2,14,16). The van der Waals surface area contributed by atoms with Gasteiger partial charge in [0.05, 0.1) is 13.2 Å². The van der Waals surface area contributed by atoms with Gasteiger partial charge in [-0.3, -0.25) is 4.57 Å². The Morgan fingerprint density at radius 1 is 1.63 bits per heavy atom. The number of halogens is 1. The van der Waals surface area contributed by atoms with Gasteiger partial charge >= 0.3 is 0 Å². The summed E-state index contributed by atoms with van der Waals surface area (Å²) in [5.41, 5.74) is 7.20. The predicted molar refractivity (Wildman–Crippen MR) is 74.8 cm³/mol. The lowest BCUT2D eigenvalue weighted by Crippen LogP contribution is -2.37. The number of fused-ring (bicyclic) bond motifs is 1. The quantitative estimate of drug-likeness (QED) is 0.926. The minimum Gasteiger partial charge on any atom is -0.378 e. The summed E-state index contributed by atoms with van der Waals surface area (Å²) in [7, 11) is 1.70. The number of imidazole rings is 1. The maximum absolute atomic E-state index is 6.00. The zero-order chi connectivity index (χ0) is 13.5. The first-order valence-electron chi connectivity index (χ1n) is 6.04. The van der Waals surface area contributed by atoms with Gasteiger partial charge in [0.1, 0.15) is 11.1 Å². The van der Waals surface area contributed by atoms with Crippen LogP contribution in [0.15, 0.2) is 16.7 Å². The third-order valence-electron chi connectivity index (χ3n) is 3.53. The Hall–Kier alpha value is -1.18. The van der Waals surface area contributed by atoms with Gasteiger partial charge in [0, 0.05) is 30.8 Å². The Kier molecular flexibility index (Phi) is 3.20. The van der Waals surface area contributed by atoms with Gasteiger partial charge in [0.25, 0.3) is 0 Å². The van der Waals surface area contributed by atoms with Gasteiger partial charge in [-0.05, 0) is 22.0 Å². The summed E-state index contributed by atoms with van der Waals surface area (Å²) in [5, 5.41) is 0. The maximum atomic E-state index is 6.00. The zero-order valence-electron chi connectivity index (χ0n) is 10.6. The van der Waals surface area contributed by atoms with Crippen molar-refractivity contribution in [1.82, 2.24) is 14.5 Å². The molecule has 1 aliphatic heterocycles. The van der Waals surface area contributed by atoms with Crippen molar-refractivity contribution in [1.29, 1.82) is 0 Å². The summed E-state index contributed by atoms with van der Waals surface area (Å²) in [4.78, 5) is 8.72. The second-order valence-electron chi connectivity index (χ2n) is 4.74. The molecule has 0 spiro atoms. The number of anilines is 1. The van der Waals surface area contributed by atoms with Gasteiger partial charge in [-0.15, -0.1) is 0 Å². The van der Waals surface area contributed by atoms with E-state index in [1.54, 1.807) is 13.3 Å². The number of hydrogen-bond acceptors (Lipinski definition) is 5. The SMILES string of the molecule is COC1(Cn2c(N)nc3cc(Br)cnc32)CCOC1. The van der Waals surface area contributed by atoms with E-state index >= 15 is 0 Å². The van der Waals surface area contributed by atoms with Crippen LogP contribution < -0.4 is 5.73 Å². The minimum absolute atomic E-state index is 0.337. The van der Waals surface area contributed by atoms with Gasteiger partial charge in [-0.1, -0.05) is 0 Å². The Morgan fingerprint density at radius 2 is 2.47 bits per heavy atom. The fraction of sp³-hybridized carbons (Fsp3) is 0.500. The largest absolute Gasteiger partial charge is 0.378 e. The molecule has 2 aromatic rings. The van der Waals surface area contributed by atoms with Gasteiger partial charge in [0.2, 0.25) is 5.95 Å². The van der Waals surface area contributed by atoms with Crippen molar-refractivity contribution in [2.45, 2.75) is 18.6 Å². The molecule has 6 nitrogen and oxygen atoms in total. The summed E-state index contributed by atoms with van der Waals surface area (Å²) in [6.07, 6.45) is 2.59. The number of rotatable bonds is 3. The van der Waals surface area contributed by atoms with Crippen LogP contribution in [-0.4, -0.2) is 40.5 Å². The molecule has 0 amide bonds. The number of pyridine rings is 1. The molecule has 1 unspecified atom stereocenters. The first-order valence-corrected chi connectivity index (χ1v) is 6.83. The average molecular weight is 327 g/mol. The summed E-state index contributed by atoms with van der Waals surface area (Å²) < 4.78 is 13.9. The molecule has 1 fully saturated rings. The lowest BCUT2D eigenvalue weighted by molar-refractivity contribution is -0.0284. The molecular weight excluding hydrogens is 312 g/mol. The fourth-order valence-corrected chi connectivity index (χ4v) is 2.71. The van der Waals surface area contributed by atoms with Crippen molar-refractivity contribution < 1.29 is 9.47 Å². The van der Waals surface area contributed by atoms with Gasteiger partial charge in [-0.25, -0.2) is 9.97 Å². The Balaban J connectivity index is 2.02. The van der Waals surface area contributed by atoms with E-state index in [0.717, 1.165) is 22.1 Å². The third kappa shape index (κ3) is 2.22. The molecule has 7 heteroatoms. The molecule has 102 valence electrons. The van der Waals surface area contributed by atoms with Crippen molar-refractivity contribution in [2.75, 3.05) is 26.1 Å². The van der Waals surface area contributed by atoms with Crippen LogP contribution in [0.25, 0.3) is 11.2 Å². The number of ether oxygens (including phenoxy) is 2. The maximum Gasteiger partial charge on any atom is 0.202 e. The summed E-state index contributed by atoms with van der Waals surface area (Å²) in [5.74, 6) is 0.448. The van der Waals surface area contributed by atoms with E-state index in [9.17, 15) is 0 Å². The highest BCUT2D eigenvalue weighted by Gasteiger charge is 2.36. The predicted octanol–water partition coefficient (Wildman–Crippen LogP) is 1.58. The molecule has 2 aromatic heterocycles. The third-order valence-corrected chi connectivity index (χ3v) is 3.96. The number of hydrogen-bond donors (Lipinski definition) is 1. The number of nitrogen functional groups attached to an aromatic ring is 1. The first-order chi connectivity index (χ1) is 9.13. The van der Waals surface area contributed by atoms with Crippen LogP contribution in [0.2, 0.25) is 0 Å². The molecule has 2 N–H and O–H groups in total. The van der Waals surface area contributed by atoms with E-state index in [1.165, 1.54) is 0 Å². The summed E-state index contributed by atoms with van der Waals surface area (Å²) >= 11 is 3.38. The zero-order valence-corrected chi connectivity index (χ0v) is 12.2. The van der Waals surface area contributed by atoms with Crippen LogP contribution in [-0.2, 0) is 16.0 Å². The monoisotopic (exact) mass is 326 g/mol. The van der Waals surface area contributed by atoms with E-state index in [1.807, 2.05) is 10.6 Å². The van der Waals surface area contributed by atoms with Crippen LogP contribution in [0.4, 0.5) is 5.95 Å². The van der Waals surface area contributed by atoms with Crippen LogP contribution in [0.5, 0.6) is 0 Å². The molecule has 1 atom stereocenters. The highest BCUT2D eigenvalue weighted by atomic mass is 79.9. The van der Waals surface area contributed by atoms with Gasteiger partial charge in [-0.2, -0.15) is 0 Å². The number of methoxy groups -OCH3 is 1. The molecular formula is C12H15BrN4O2. The Labute approximate surface area is 119 Å². The molecule has 1 saturated heterocycles. The van der Waals surface area contributed by atoms with E-state index in [0.29, 0.717) is 25.7 Å². The normalized spacial score (nSPS) is 23.3. The highest BCUT2D eigenvalue weighted by Crippen LogP contribution is 2.28. The van der Waals surface area contributed by atoms with E-state index in [4.69, 9.17) is 15.2 Å². The van der Waals surface area contributed by atoms with Crippen molar-refractivity contribution in [3.8, 4) is 0 Å². The molecule has 0 aromatic carbocycles. The van der Waals surface area contributed by atoms with Crippen molar-refractivity contribution in [3.05, 3.63) is 16.7 Å². The van der Waals surface area contributed by atoms with Gasteiger partial charge < -0.3 is 15.2 Å². The van der Waals surface area contributed by atoms with Crippen LogP contribution in [0.1, 0.15) is 6.42 Å². The molecule has 1 aliphatic rings. The number of nitrogens with two attached hydrogens (primary N) is 1.